The van der Waals surface area contributed by atoms with Crippen molar-refractivity contribution in [2.75, 3.05) is 26.0 Å². The summed E-state index contributed by atoms with van der Waals surface area (Å²) in [6.45, 7) is 7.18. The minimum absolute atomic E-state index is 0.0881. The van der Waals surface area contributed by atoms with Crippen molar-refractivity contribution in [3.63, 3.8) is 0 Å². The Morgan fingerprint density at radius 2 is 1.95 bits per heavy atom. The van der Waals surface area contributed by atoms with Crippen LogP contribution in [0.5, 0.6) is 0 Å². The van der Waals surface area contributed by atoms with Gasteiger partial charge in [-0.1, -0.05) is 6.92 Å². The molecule has 0 aliphatic carbocycles. The van der Waals surface area contributed by atoms with Gasteiger partial charge in [-0.25, -0.2) is 0 Å². The summed E-state index contributed by atoms with van der Waals surface area (Å²) in [6, 6.07) is 0. The van der Waals surface area contributed by atoms with E-state index in [0.29, 0.717) is 25.3 Å². The van der Waals surface area contributed by atoms with Gasteiger partial charge in [0.1, 0.15) is 0 Å². The molecule has 19 heavy (non-hydrogen) atoms. The summed E-state index contributed by atoms with van der Waals surface area (Å²) in [6.07, 6.45) is 0.514. The van der Waals surface area contributed by atoms with Crippen LogP contribution in [-0.4, -0.2) is 60.2 Å². The topological polar surface area (TPSA) is 55.8 Å². The van der Waals surface area contributed by atoms with Crippen molar-refractivity contribution >= 4 is 23.6 Å². The number of amides is 1. The third-order valence-corrected chi connectivity index (χ3v) is 4.09. The van der Waals surface area contributed by atoms with Gasteiger partial charge in [0, 0.05) is 18.3 Å². The lowest BCUT2D eigenvalue weighted by Crippen LogP contribution is -2.48. The molecule has 0 saturated carbocycles. The van der Waals surface area contributed by atoms with Gasteiger partial charge < -0.3 is 14.4 Å². The zero-order valence-corrected chi connectivity index (χ0v) is 12.9. The maximum absolute atomic E-state index is 12.1. The number of morpholine rings is 1. The second-order valence-corrected chi connectivity index (χ2v) is 6.38. The quantitative estimate of drug-likeness (QED) is 0.714. The van der Waals surface area contributed by atoms with Crippen LogP contribution in [0.15, 0.2) is 0 Å². The number of methoxy groups -OCH3 is 1. The molecule has 6 heteroatoms. The fourth-order valence-corrected chi connectivity index (χ4v) is 2.93. The molecule has 0 N–H and O–H groups in total. The maximum atomic E-state index is 12.1. The predicted octanol–water partition coefficient (Wildman–Crippen LogP) is 1.31. The van der Waals surface area contributed by atoms with Crippen LogP contribution in [0.4, 0.5) is 0 Å². The lowest BCUT2D eigenvalue weighted by molar-refractivity contribution is -0.141. The molecular weight excluding hydrogens is 266 g/mol. The van der Waals surface area contributed by atoms with Gasteiger partial charge >= 0.3 is 5.97 Å². The van der Waals surface area contributed by atoms with Crippen molar-refractivity contribution in [2.45, 2.75) is 44.6 Å². The van der Waals surface area contributed by atoms with Crippen molar-refractivity contribution in [2.24, 2.45) is 0 Å². The highest BCUT2D eigenvalue weighted by molar-refractivity contribution is 8.00. The molecule has 1 saturated heterocycles. The van der Waals surface area contributed by atoms with Gasteiger partial charge in [-0.2, -0.15) is 0 Å². The highest BCUT2D eigenvalue weighted by atomic mass is 32.2. The van der Waals surface area contributed by atoms with Crippen LogP contribution in [0.2, 0.25) is 0 Å². The minimum Gasteiger partial charge on any atom is -0.469 e. The number of rotatable bonds is 5. The Labute approximate surface area is 119 Å². The monoisotopic (exact) mass is 289 g/mol. The molecule has 0 aromatic rings. The van der Waals surface area contributed by atoms with E-state index in [2.05, 4.69) is 4.74 Å². The van der Waals surface area contributed by atoms with Gasteiger partial charge in [0.2, 0.25) is 5.91 Å². The van der Waals surface area contributed by atoms with Crippen LogP contribution in [-0.2, 0) is 19.1 Å². The summed E-state index contributed by atoms with van der Waals surface area (Å²) in [5.74, 6) is 0.280. The molecule has 1 rings (SSSR count). The number of hydrogen-bond donors (Lipinski definition) is 0. The third kappa shape index (κ3) is 5.82. The molecule has 1 fully saturated rings. The Hall–Kier alpha value is -0.750. The first-order valence-corrected chi connectivity index (χ1v) is 7.59. The van der Waals surface area contributed by atoms with E-state index in [1.165, 1.54) is 18.9 Å². The molecule has 5 nitrogen and oxygen atoms in total. The number of nitrogens with zero attached hydrogens (tertiary/aromatic N) is 1. The van der Waals surface area contributed by atoms with E-state index in [9.17, 15) is 9.59 Å². The average Bonchev–Trinajstić information content (AvgIpc) is 2.34. The smallest absolute Gasteiger partial charge is 0.306 e. The lowest BCUT2D eigenvalue weighted by Gasteiger charge is -2.35. The van der Waals surface area contributed by atoms with Crippen molar-refractivity contribution < 1.29 is 19.1 Å². The summed E-state index contributed by atoms with van der Waals surface area (Å²) in [4.78, 5) is 25.0. The van der Waals surface area contributed by atoms with Crippen molar-refractivity contribution in [1.82, 2.24) is 4.90 Å². The van der Waals surface area contributed by atoms with Crippen LogP contribution in [0.3, 0.4) is 0 Å². The molecule has 0 spiro atoms. The van der Waals surface area contributed by atoms with Crippen LogP contribution in [0.1, 0.15) is 27.2 Å². The van der Waals surface area contributed by atoms with Crippen molar-refractivity contribution in [3.8, 4) is 0 Å². The molecule has 0 aromatic heterocycles. The van der Waals surface area contributed by atoms with Crippen LogP contribution >= 0.6 is 11.8 Å². The molecule has 0 radical (unpaired) electrons. The summed E-state index contributed by atoms with van der Waals surface area (Å²) < 4.78 is 10.2. The molecule has 1 aliphatic heterocycles. The van der Waals surface area contributed by atoms with Gasteiger partial charge in [0.15, 0.2) is 0 Å². The Bertz CT molecular complexity index is 314. The van der Waals surface area contributed by atoms with E-state index in [1.807, 2.05) is 25.7 Å². The van der Waals surface area contributed by atoms with E-state index in [4.69, 9.17) is 4.74 Å². The Morgan fingerprint density at radius 3 is 2.47 bits per heavy atom. The summed E-state index contributed by atoms with van der Waals surface area (Å²) >= 11 is 1.49. The fraction of sp³-hybridized carbons (Fsp3) is 0.846. The highest BCUT2D eigenvalue weighted by Gasteiger charge is 2.26. The molecular formula is C13H23NO4S. The molecule has 110 valence electrons. The molecule has 0 aromatic carbocycles. The molecule has 1 amide bonds. The maximum Gasteiger partial charge on any atom is 0.306 e. The average molecular weight is 289 g/mol. The van der Waals surface area contributed by atoms with E-state index in [1.54, 1.807) is 0 Å². The Morgan fingerprint density at radius 1 is 1.37 bits per heavy atom. The first kappa shape index (κ1) is 16.3. The normalized spacial score (nSPS) is 24.9. The number of carbonyl (C=O) groups is 2. The second kappa shape index (κ2) is 7.75. The first-order valence-electron chi connectivity index (χ1n) is 6.54. The molecule has 0 bridgehead atoms. The molecule has 3 unspecified atom stereocenters. The van der Waals surface area contributed by atoms with Gasteiger partial charge in [0.25, 0.3) is 0 Å². The number of ether oxygens (including phenoxy) is 2. The minimum atomic E-state index is -0.235. The summed E-state index contributed by atoms with van der Waals surface area (Å²) in [5, 5.41) is 0.0901. The standard InChI is InChI=1S/C13H23NO4S/c1-9-6-14(7-10(2)18-9)12(15)8-19-11(3)5-13(16)17-4/h9-11H,5-8H2,1-4H3. The molecule has 3 atom stereocenters. The second-order valence-electron chi connectivity index (χ2n) is 4.96. The summed E-state index contributed by atoms with van der Waals surface area (Å²) in [7, 11) is 1.38. The Balaban J connectivity index is 2.32. The SMILES string of the molecule is COC(=O)CC(C)SCC(=O)N1CC(C)OC(C)C1. The van der Waals surface area contributed by atoms with Gasteiger partial charge in [-0.15, -0.1) is 11.8 Å². The van der Waals surface area contributed by atoms with E-state index >= 15 is 0 Å². The molecule has 1 aliphatic rings. The van der Waals surface area contributed by atoms with Crippen LogP contribution in [0, 0.1) is 0 Å². The van der Waals surface area contributed by atoms with Crippen molar-refractivity contribution in [3.05, 3.63) is 0 Å². The third-order valence-electron chi connectivity index (χ3n) is 2.95. The number of carbonyl (C=O) groups excluding carboxylic acids is 2. The fourth-order valence-electron chi connectivity index (χ4n) is 2.06. The van der Waals surface area contributed by atoms with E-state index in [-0.39, 0.29) is 29.3 Å². The first-order chi connectivity index (χ1) is 8.92. The van der Waals surface area contributed by atoms with Gasteiger partial charge in [-0.3, -0.25) is 9.59 Å². The number of esters is 1. The lowest BCUT2D eigenvalue weighted by atomic mass is 10.2. The van der Waals surface area contributed by atoms with Crippen LogP contribution in [0.25, 0.3) is 0 Å². The Kier molecular flexibility index (Phi) is 6.65. The number of thioether (sulfide) groups is 1. The van der Waals surface area contributed by atoms with E-state index in [0.717, 1.165) is 0 Å². The van der Waals surface area contributed by atoms with E-state index < -0.39 is 0 Å². The van der Waals surface area contributed by atoms with Crippen LogP contribution < -0.4 is 0 Å². The van der Waals surface area contributed by atoms with Crippen molar-refractivity contribution in [1.29, 1.82) is 0 Å². The highest BCUT2D eigenvalue weighted by Crippen LogP contribution is 2.17. The zero-order chi connectivity index (χ0) is 14.4. The zero-order valence-electron chi connectivity index (χ0n) is 12.0. The number of hydrogen-bond acceptors (Lipinski definition) is 5. The largest absolute Gasteiger partial charge is 0.469 e. The van der Waals surface area contributed by atoms with Gasteiger partial charge in [-0.05, 0) is 13.8 Å². The van der Waals surface area contributed by atoms with Gasteiger partial charge in [0.05, 0.1) is 31.5 Å². The predicted molar refractivity (Wildman–Crippen MR) is 75.1 cm³/mol. The summed E-state index contributed by atoms with van der Waals surface area (Å²) in [5.41, 5.74) is 0. The molecule has 1 heterocycles.